The Morgan fingerprint density at radius 2 is 2.00 bits per heavy atom. The Bertz CT molecular complexity index is 1020. The van der Waals surface area contributed by atoms with E-state index >= 15 is 0 Å². The zero-order valence-electron chi connectivity index (χ0n) is 14.6. The largest absolute Gasteiger partial charge is 0.462 e. The summed E-state index contributed by atoms with van der Waals surface area (Å²) >= 11 is 1.28. The van der Waals surface area contributed by atoms with Crippen LogP contribution >= 0.6 is 11.8 Å². The number of fused-ring (bicyclic) bond motifs is 3. The third-order valence-corrected chi connectivity index (χ3v) is 5.67. The van der Waals surface area contributed by atoms with Gasteiger partial charge in [0.25, 0.3) is 5.56 Å². The van der Waals surface area contributed by atoms with Crippen LogP contribution in [0.2, 0.25) is 0 Å². The van der Waals surface area contributed by atoms with Crippen molar-refractivity contribution in [2.75, 3.05) is 5.75 Å². The standard InChI is InChI=1S/C18H20N4O3S/c1-21-16(24)13-9-5-6-10-14(13)22-17(21)19-20-18(22)26-11-15(23)25-12-7-3-2-4-8-12/h5-6,9-10,12H,2-4,7-8,11H2,1H3. The number of esters is 1. The molecule has 1 saturated carbocycles. The lowest BCUT2D eigenvalue weighted by molar-refractivity contribution is -0.147. The third-order valence-electron chi connectivity index (χ3n) is 4.77. The van der Waals surface area contributed by atoms with Gasteiger partial charge in [0.1, 0.15) is 6.10 Å². The molecule has 0 saturated heterocycles. The lowest BCUT2D eigenvalue weighted by Gasteiger charge is -2.21. The number of aromatic nitrogens is 4. The van der Waals surface area contributed by atoms with Crippen molar-refractivity contribution < 1.29 is 9.53 Å². The maximum Gasteiger partial charge on any atom is 0.316 e. The molecule has 0 radical (unpaired) electrons. The van der Waals surface area contributed by atoms with Gasteiger partial charge in [0, 0.05) is 7.05 Å². The maximum atomic E-state index is 12.4. The second-order valence-corrected chi connectivity index (χ2v) is 7.48. The summed E-state index contributed by atoms with van der Waals surface area (Å²) in [5.74, 6) is 0.402. The molecule has 0 amide bonds. The Labute approximate surface area is 154 Å². The maximum absolute atomic E-state index is 12.4. The van der Waals surface area contributed by atoms with E-state index in [1.54, 1.807) is 13.1 Å². The number of hydrogen-bond donors (Lipinski definition) is 0. The number of carbonyl (C=O) groups excluding carboxylic acids is 1. The molecule has 3 aromatic rings. The molecule has 0 bridgehead atoms. The van der Waals surface area contributed by atoms with Gasteiger partial charge >= 0.3 is 5.97 Å². The van der Waals surface area contributed by atoms with E-state index in [0.717, 1.165) is 31.2 Å². The van der Waals surface area contributed by atoms with Crippen molar-refractivity contribution in [2.24, 2.45) is 7.05 Å². The highest BCUT2D eigenvalue weighted by atomic mass is 32.2. The monoisotopic (exact) mass is 372 g/mol. The van der Waals surface area contributed by atoms with Gasteiger partial charge in [-0.25, -0.2) is 0 Å². The van der Waals surface area contributed by atoms with Crippen LogP contribution in [0, 0.1) is 0 Å². The van der Waals surface area contributed by atoms with E-state index in [1.165, 1.54) is 22.7 Å². The number of nitrogens with zero attached hydrogens (tertiary/aromatic N) is 4. The molecule has 1 aromatic carbocycles. The van der Waals surface area contributed by atoms with E-state index in [-0.39, 0.29) is 23.4 Å². The van der Waals surface area contributed by atoms with Gasteiger partial charge in [0.15, 0.2) is 5.16 Å². The minimum atomic E-state index is -0.229. The Morgan fingerprint density at radius 3 is 2.81 bits per heavy atom. The average Bonchev–Trinajstić information content (AvgIpc) is 3.09. The molecular formula is C18H20N4O3S. The summed E-state index contributed by atoms with van der Waals surface area (Å²) in [5.41, 5.74) is 0.618. The minimum absolute atomic E-state index is 0.0497. The molecule has 0 N–H and O–H groups in total. The zero-order valence-corrected chi connectivity index (χ0v) is 15.4. The number of hydrogen-bond acceptors (Lipinski definition) is 6. The van der Waals surface area contributed by atoms with Crippen LogP contribution in [0.1, 0.15) is 32.1 Å². The lowest BCUT2D eigenvalue weighted by atomic mass is 9.98. The molecule has 0 aliphatic heterocycles. The quantitative estimate of drug-likeness (QED) is 0.517. The zero-order chi connectivity index (χ0) is 18.1. The highest BCUT2D eigenvalue weighted by Crippen LogP contribution is 2.23. The second-order valence-electron chi connectivity index (χ2n) is 6.54. The summed E-state index contributed by atoms with van der Waals surface area (Å²) in [5, 5.41) is 9.47. The molecule has 0 spiro atoms. The molecule has 1 aliphatic carbocycles. The van der Waals surface area contributed by atoms with Crippen LogP contribution in [0.4, 0.5) is 0 Å². The average molecular weight is 372 g/mol. The molecule has 0 unspecified atom stereocenters. The number of aryl methyl sites for hydroxylation is 1. The minimum Gasteiger partial charge on any atom is -0.462 e. The first-order valence-corrected chi connectivity index (χ1v) is 9.79. The first kappa shape index (κ1) is 17.1. The fourth-order valence-electron chi connectivity index (χ4n) is 3.43. The molecule has 1 aliphatic rings. The Balaban J connectivity index is 1.59. The van der Waals surface area contributed by atoms with E-state index in [0.29, 0.717) is 16.3 Å². The van der Waals surface area contributed by atoms with Crippen molar-refractivity contribution in [2.45, 2.75) is 43.4 Å². The van der Waals surface area contributed by atoms with Gasteiger partial charge in [0.05, 0.1) is 16.7 Å². The molecule has 136 valence electrons. The van der Waals surface area contributed by atoms with Crippen LogP contribution in [-0.2, 0) is 16.6 Å². The Morgan fingerprint density at radius 1 is 1.23 bits per heavy atom. The molecule has 1 fully saturated rings. The van der Waals surface area contributed by atoms with Crippen LogP contribution in [-0.4, -0.2) is 37.0 Å². The lowest BCUT2D eigenvalue weighted by Crippen LogP contribution is -2.22. The highest BCUT2D eigenvalue weighted by molar-refractivity contribution is 7.99. The summed E-state index contributed by atoms with van der Waals surface area (Å²) < 4.78 is 8.85. The number of benzene rings is 1. The smallest absolute Gasteiger partial charge is 0.316 e. The fourth-order valence-corrected chi connectivity index (χ4v) is 4.15. The molecule has 7 nitrogen and oxygen atoms in total. The Kier molecular flexibility index (Phi) is 4.67. The molecule has 2 aromatic heterocycles. The summed E-state index contributed by atoms with van der Waals surface area (Å²) in [7, 11) is 1.67. The summed E-state index contributed by atoms with van der Waals surface area (Å²) in [6.45, 7) is 0. The van der Waals surface area contributed by atoms with Crippen LogP contribution in [0.25, 0.3) is 16.7 Å². The van der Waals surface area contributed by atoms with Crippen LogP contribution in [0.5, 0.6) is 0 Å². The molecule has 4 rings (SSSR count). The highest BCUT2D eigenvalue weighted by Gasteiger charge is 2.20. The second kappa shape index (κ2) is 7.11. The molecule has 26 heavy (non-hydrogen) atoms. The van der Waals surface area contributed by atoms with Crippen molar-refractivity contribution in [3.63, 3.8) is 0 Å². The molecule has 8 heteroatoms. The van der Waals surface area contributed by atoms with E-state index in [4.69, 9.17) is 4.74 Å². The third kappa shape index (κ3) is 3.09. The normalized spacial score (nSPS) is 15.6. The van der Waals surface area contributed by atoms with Gasteiger partial charge in [-0.1, -0.05) is 30.3 Å². The predicted molar refractivity (Wildman–Crippen MR) is 99.4 cm³/mol. The number of carbonyl (C=O) groups is 1. The van der Waals surface area contributed by atoms with Crippen molar-refractivity contribution in [3.05, 3.63) is 34.6 Å². The van der Waals surface area contributed by atoms with Crippen LogP contribution in [0.15, 0.2) is 34.2 Å². The first-order chi connectivity index (χ1) is 12.6. The summed E-state index contributed by atoms with van der Waals surface area (Å²) in [6.07, 6.45) is 5.43. The van der Waals surface area contributed by atoms with Crippen molar-refractivity contribution in [1.29, 1.82) is 0 Å². The van der Waals surface area contributed by atoms with E-state index in [1.807, 2.05) is 22.6 Å². The number of rotatable bonds is 4. The van der Waals surface area contributed by atoms with Gasteiger partial charge in [-0.2, -0.15) is 0 Å². The Hall–Kier alpha value is -2.35. The van der Waals surface area contributed by atoms with Crippen LogP contribution < -0.4 is 5.56 Å². The first-order valence-electron chi connectivity index (χ1n) is 8.80. The van der Waals surface area contributed by atoms with Gasteiger partial charge in [0.2, 0.25) is 5.78 Å². The van der Waals surface area contributed by atoms with E-state index < -0.39 is 0 Å². The van der Waals surface area contributed by atoms with Gasteiger partial charge < -0.3 is 4.74 Å². The van der Waals surface area contributed by atoms with Gasteiger partial charge in [-0.05, 0) is 37.8 Å². The SMILES string of the molecule is Cn1c(=O)c2ccccc2n2c(SCC(=O)OC3CCCCC3)nnc12. The van der Waals surface area contributed by atoms with Crippen molar-refractivity contribution in [1.82, 2.24) is 19.2 Å². The number of para-hydroxylation sites is 1. The summed E-state index contributed by atoms with van der Waals surface area (Å²) in [6, 6.07) is 7.33. The van der Waals surface area contributed by atoms with Gasteiger partial charge in [-0.15, -0.1) is 10.2 Å². The van der Waals surface area contributed by atoms with Gasteiger partial charge in [-0.3, -0.25) is 18.6 Å². The van der Waals surface area contributed by atoms with Crippen LogP contribution in [0.3, 0.4) is 0 Å². The molecule has 0 atom stereocenters. The number of ether oxygens (including phenoxy) is 1. The van der Waals surface area contributed by atoms with Crippen molar-refractivity contribution in [3.8, 4) is 0 Å². The van der Waals surface area contributed by atoms with E-state index in [9.17, 15) is 9.59 Å². The van der Waals surface area contributed by atoms with Crippen molar-refractivity contribution >= 4 is 34.4 Å². The summed E-state index contributed by atoms with van der Waals surface area (Å²) in [4.78, 5) is 24.6. The topological polar surface area (TPSA) is 78.5 Å². The van der Waals surface area contributed by atoms with E-state index in [2.05, 4.69) is 10.2 Å². The molecule has 2 heterocycles. The fraction of sp³-hybridized carbons (Fsp3) is 0.444. The number of thioether (sulfide) groups is 1. The molecular weight excluding hydrogens is 352 g/mol. The predicted octanol–water partition coefficient (Wildman–Crippen LogP) is 2.55.